The van der Waals surface area contributed by atoms with E-state index in [0.29, 0.717) is 26.0 Å². The van der Waals surface area contributed by atoms with Crippen LogP contribution in [0, 0.1) is 5.92 Å². The number of aliphatic hydroxyl groups excluding tert-OH is 1. The highest BCUT2D eigenvalue weighted by Crippen LogP contribution is 2.34. The third-order valence-corrected chi connectivity index (χ3v) is 4.91. The summed E-state index contributed by atoms with van der Waals surface area (Å²) in [6, 6.07) is -0.152. The van der Waals surface area contributed by atoms with E-state index in [4.69, 9.17) is 9.47 Å². The lowest BCUT2D eigenvalue weighted by Gasteiger charge is -2.42. The molecule has 0 aromatic heterocycles. The molecule has 2 N–H and O–H groups in total. The van der Waals surface area contributed by atoms with E-state index in [1.165, 1.54) is 4.90 Å². The molecule has 2 aliphatic rings. The number of ether oxygens (including phenoxy) is 2. The van der Waals surface area contributed by atoms with E-state index < -0.39 is 29.5 Å². The molecule has 7 nitrogen and oxygen atoms in total. The number of carbonyl (C=O) groups excluding carboxylic acids is 2. The first kappa shape index (κ1) is 18.3. The Morgan fingerprint density at radius 1 is 1.30 bits per heavy atom. The number of carbonyl (C=O) groups is 2. The molecular formula is C16H27NO6. The fourth-order valence-corrected chi connectivity index (χ4v) is 3.38. The average molecular weight is 329 g/mol. The van der Waals surface area contributed by atoms with E-state index in [-0.39, 0.29) is 12.6 Å². The molecule has 0 bridgehead atoms. The zero-order valence-electron chi connectivity index (χ0n) is 13.9. The van der Waals surface area contributed by atoms with Gasteiger partial charge in [-0.05, 0) is 32.1 Å². The molecule has 0 spiro atoms. The number of hydrogen-bond donors (Lipinski definition) is 2. The molecular weight excluding hydrogens is 302 g/mol. The van der Waals surface area contributed by atoms with E-state index in [9.17, 15) is 19.8 Å². The SMILES string of the molecule is COC[C@@H]1CCCCN1C(=O)C(=O)[C@]1(O)O[C@H](CO)CC[C@@H]1C. The van der Waals surface area contributed by atoms with Crippen molar-refractivity contribution in [3.05, 3.63) is 0 Å². The van der Waals surface area contributed by atoms with Crippen molar-refractivity contribution in [3.63, 3.8) is 0 Å². The summed E-state index contributed by atoms with van der Waals surface area (Å²) >= 11 is 0. The Morgan fingerprint density at radius 3 is 2.70 bits per heavy atom. The fraction of sp³-hybridized carbons (Fsp3) is 0.875. The minimum atomic E-state index is -2.15. The van der Waals surface area contributed by atoms with Crippen LogP contribution in [-0.2, 0) is 19.1 Å². The number of rotatable bonds is 5. The fourth-order valence-electron chi connectivity index (χ4n) is 3.38. The molecule has 1 amide bonds. The second-order valence-electron chi connectivity index (χ2n) is 6.53. The first-order valence-electron chi connectivity index (χ1n) is 8.29. The van der Waals surface area contributed by atoms with Gasteiger partial charge in [-0.25, -0.2) is 0 Å². The van der Waals surface area contributed by atoms with Gasteiger partial charge in [0.15, 0.2) is 0 Å². The Labute approximate surface area is 136 Å². The van der Waals surface area contributed by atoms with Gasteiger partial charge < -0.3 is 24.6 Å². The number of nitrogens with zero attached hydrogens (tertiary/aromatic N) is 1. The predicted octanol–water partition coefficient (Wildman–Crippen LogP) is 0.0790. The van der Waals surface area contributed by atoms with Crippen LogP contribution >= 0.6 is 0 Å². The van der Waals surface area contributed by atoms with Crippen LogP contribution in [0.4, 0.5) is 0 Å². The van der Waals surface area contributed by atoms with Gasteiger partial charge in [0.25, 0.3) is 11.7 Å². The summed E-state index contributed by atoms with van der Waals surface area (Å²) in [7, 11) is 1.56. The lowest BCUT2D eigenvalue weighted by molar-refractivity contribution is -0.267. The number of Topliss-reactive ketones (excluding diaryl/α,β-unsaturated/α-hetero) is 1. The smallest absolute Gasteiger partial charge is 0.296 e. The Hall–Kier alpha value is -1.02. The van der Waals surface area contributed by atoms with Crippen LogP contribution in [0.15, 0.2) is 0 Å². The Balaban J connectivity index is 2.14. The van der Waals surface area contributed by atoms with E-state index in [2.05, 4.69) is 0 Å². The van der Waals surface area contributed by atoms with Crippen LogP contribution in [0.25, 0.3) is 0 Å². The van der Waals surface area contributed by atoms with Gasteiger partial charge in [0.05, 0.1) is 25.4 Å². The summed E-state index contributed by atoms with van der Waals surface area (Å²) in [4.78, 5) is 26.8. The monoisotopic (exact) mass is 329 g/mol. The minimum absolute atomic E-state index is 0.152. The van der Waals surface area contributed by atoms with Gasteiger partial charge in [0, 0.05) is 19.6 Å². The molecule has 2 saturated heterocycles. The topological polar surface area (TPSA) is 96.3 Å². The van der Waals surface area contributed by atoms with E-state index in [0.717, 1.165) is 19.3 Å². The standard InChI is InChI=1S/C16H27NO6/c1-11-6-7-13(9-18)23-16(11,21)14(19)15(20)17-8-4-3-5-12(17)10-22-2/h11-13,18,21H,3-10H2,1-2H3/t11-,12-,13-,16+/m0/s1. The molecule has 23 heavy (non-hydrogen) atoms. The second kappa shape index (κ2) is 7.70. The number of likely N-dealkylation sites (tertiary alicyclic amines) is 1. The molecule has 7 heteroatoms. The van der Waals surface area contributed by atoms with Gasteiger partial charge in [-0.15, -0.1) is 0 Å². The second-order valence-corrected chi connectivity index (χ2v) is 6.53. The van der Waals surface area contributed by atoms with Crippen LogP contribution in [0.3, 0.4) is 0 Å². The lowest BCUT2D eigenvalue weighted by atomic mass is 9.86. The molecule has 0 aromatic carbocycles. The van der Waals surface area contributed by atoms with Crippen LogP contribution < -0.4 is 0 Å². The molecule has 2 aliphatic heterocycles. The first-order chi connectivity index (χ1) is 10.9. The summed E-state index contributed by atoms with van der Waals surface area (Å²) in [6.07, 6.45) is 3.04. The molecule has 0 radical (unpaired) electrons. The van der Waals surface area contributed by atoms with Crippen molar-refractivity contribution in [2.45, 2.75) is 57.0 Å². The molecule has 2 heterocycles. The van der Waals surface area contributed by atoms with E-state index in [1.54, 1.807) is 14.0 Å². The number of hydrogen-bond acceptors (Lipinski definition) is 6. The Kier molecular flexibility index (Phi) is 6.13. The van der Waals surface area contributed by atoms with Crippen molar-refractivity contribution < 1.29 is 29.3 Å². The maximum absolute atomic E-state index is 12.7. The highest BCUT2D eigenvalue weighted by molar-refractivity contribution is 6.38. The van der Waals surface area contributed by atoms with Gasteiger partial charge in [-0.3, -0.25) is 9.59 Å². The molecule has 2 fully saturated rings. The number of ketones is 1. The molecule has 4 atom stereocenters. The van der Waals surface area contributed by atoms with Gasteiger partial charge >= 0.3 is 0 Å². The quantitative estimate of drug-likeness (QED) is 0.694. The molecule has 0 saturated carbocycles. The first-order valence-corrected chi connectivity index (χ1v) is 8.29. The van der Waals surface area contributed by atoms with Crippen LogP contribution in [0.1, 0.15) is 39.0 Å². The number of piperidine rings is 1. The Morgan fingerprint density at radius 2 is 2.04 bits per heavy atom. The third kappa shape index (κ3) is 3.74. The lowest BCUT2D eigenvalue weighted by Crippen LogP contribution is -2.60. The summed E-state index contributed by atoms with van der Waals surface area (Å²) in [6.45, 7) is 2.24. The Bertz CT molecular complexity index is 440. The average Bonchev–Trinajstić information content (AvgIpc) is 2.57. The van der Waals surface area contributed by atoms with Crippen molar-refractivity contribution in [2.75, 3.05) is 26.9 Å². The molecule has 0 unspecified atom stereocenters. The highest BCUT2D eigenvalue weighted by Gasteiger charge is 2.51. The zero-order valence-corrected chi connectivity index (χ0v) is 13.9. The third-order valence-electron chi connectivity index (χ3n) is 4.91. The minimum Gasteiger partial charge on any atom is -0.394 e. The van der Waals surface area contributed by atoms with Crippen molar-refractivity contribution >= 4 is 11.7 Å². The van der Waals surface area contributed by atoms with Gasteiger partial charge in [-0.1, -0.05) is 6.92 Å². The zero-order chi connectivity index (χ0) is 17.0. The normalized spacial score (nSPS) is 35.1. The largest absolute Gasteiger partial charge is 0.394 e. The predicted molar refractivity (Wildman–Crippen MR) is 81.5 cm³/mol. The maximum atomic E-state index is 12.7. The van der Waals surface area contributed by atoms with Crippen LogP contribution in [0.2, 0.25) is 0 Å². The number of amides is 1. The van der Waals surface area contributed by atoms with Gasteiger partial charge in [-0.2, -0.15) is 0 Å². The number of aliphatic hydroxyl groups is 2. The van der Waals surface area contributed by atoms with E-state index >= 15 is 0 Å². The van der Waals surface area contributed by atoms with Crippen LogP contribution in [-0.4, -0.2) is 71.6 Å². The molecule has 0 aromatic rings. The van der Waals surface area contributed by atoms with Crippen LogP contribution in [0.5, 0.6) is 0 Å². The number of methoxy groups -OCH3 is 1. The van der Waals surface area contributed by atoms with Crippen molar-refractivity contribution in [1.29, 1.82) is 0 Å². The maximum Gasteiger partial charge on any atom is 0.296 e. The molecule has 0 aliphatic carbocycles. The van der Waals surface area contributed by atoms with Crippen molar-refractivity contribution in [1.82, 2.24) is 4.90 Å². The highest BCUT2D eigenvalue weighted by atomic mass is 16.6. The summed E-state index contributed by atoms with van der Waals surface area (Å²) in [5.41, 5.74) is 0. The summed E-state index contributed by atoms with van der Waals surface area (Å²) < 4.78 is 10.5. The van der Waals surface area contributed by atoms with Crippen molar-refractivity contribution in [3.8, 4) is 0 Å². The summed E-state index contributed by atoms with van der Waals surface area (Å²) in [5, 5.41) is 19.9. The molecule has 2 rings (SSSR count). The van der Waals surface area contributed by atoms with Gasteiger partial charge in [0.2, 0.25) is 5.79 Å². The summed E-state index contributed by atoms with van der Waals surface area (Å²) in [5.74, 6) is -4.31. The van der Waals surface area contributed by atoms with E-state index in [1.807, 2.05) is 0 Å². The molecule has 132 valence electrons. The van der Waals surface area contributed by atoms with Crippen molar-refractivity contribution in [2.24, 2.45) is 5.92 Å². The van der Waals surface area contributed by atoms with Gasteiger partial charge in [0.1, 0.15) is 0 Å².